The zero-order chi connectivity index (χ0) is 90.7. The fourth-order valence-corrected chi connectivity index (χ4v) is 33.3. The quantitative estimate of drug-likeness (QED) is 0.135. The minimum absolute atomic E-state index is 1.28. The Hall–Kier alpha value is -15.7. The summed E-state index contributed by atoms with van der Waals surface area (Å²) in [6.45, 7) is 0. The van der Waals surface area contributed by atoms with Gasteiger partial charge in [0, 0.05) is 263 Å². The lowest BCUT2D eigenvalue weighted by Gasteiger charge is -2.11. The molecule has 0 saturated carbocycles. The lowest BCUT2D eigenvalue weighted by molar-refractivity contribution is 1.30. The first-order valence-corrected chi connectivity index (χ1v) is 54.0. The van der Waals surface area contributed by atoms with Crippen molar-refractivity contribution >= 4 is 404 Å². The maximum absolute atomic E-state index is 2.47. The molecule has 16 heterocycles. The molecule has 20 aromatic carbocycles. The molecule has 0 spiro atoms. The summed E-state index contributed by atoms with van der Waals surface area (Å²) in [5.74, 6) is 0. The van der Waals surface area contributed by atoms with Gasteiger partial charge in [-0.15, -0.1) is 90.7 Å². The number of thiophene rings is 8. The topological polar surface area (TPSA) is 17.6 Å². The first-order chi connectivity index (χ1) is 69.4. The lowest BCUT2D eigenvalue weighted by atomic mass is 9.99. The SMILES string of the molecule is c1ccc2c(c1)cn1c2c2cc3c(cc2c2ccc4c5ccccc5sc4c21)sc1ccccc13.c1ccc2c(c1)cn1c2c2cc3sc4ccccc4c3cc2c2ccc3c4ccccc4sc3c21.c1ccc2c(c1)cn1c3cc4sc5ccccc5c4cc3c3cc4c(cc3c21)sc1ccccc14.c1ccc2c(c1)cn1c3cc4sc5ccccc5c4cc3c3cc4sc5ccccc5c4cc3c21. The maximum atomic E-state index is 2.47. The van der Waals surface area contributed by atoms with E-state index in [2.05, 4.69) is 431 Å². The third-order valence-corrected chi connectivity index (χ3v) is 39.4. The Labute approximate surface area is 826 Å². The molecular weight excluding hydrogens is 1850 g/mol. The molecule has 0 fully saturated rings. The summed E-state index contributed by atoms with van der Waals surface area (Å²) in [6.07, 6.45) is 9.32. The highest BCUT2D eigenvalue weighted by atomic mass is 32.1. The summed E-state index contributed by atoms with van der Waals surface area (Å²) in [5, 5.41) is 48.0. The van der Waals surface area contributed by atoms with E-state index in [-0.39, 0.29) is 0 Å². The second kappa shape index (κ2) is 29.0. The van der Waals surface area contributed by atoms with Crippen molar-refractivity contribution in [1.82, 2.24) is 17.6 Å². The highest BCUT2D eigenvalue weighted by Crippen LogP contribution is 2.53. The van der Waals surface area contributed by atoms with Gasteiger partial charge in [-0.1, -0.05) is 267 Å². The molecule has 0 unspecified atom stereocenters. The minimum atomic E-state index is 1.28. The van der Waals surface area contributed by atoms with Gasteiger partial charge >= 0.3 is 0 Å². The van der Waals surface area contributed by atoms with E-state index >= 15 is 0 Å². The Morgan fingerprint density at radius 1 is 0.114 bits per heavy atom. The predicted molar refractivity (Wildman–Crippen MR) is 623 cm³/mol. The molecule has 648 valence electrons. The molecule has 140 heavy (non-hydrogen) atoms. The van der Waals surface area contributed by atoms with Crippen LogP contribution in [0.2, 0.25) is 0 Å². The normalized spacial score (nSPS) is 12.6. The molecule has 16 aromatic heterocycles. The van der Waals surface area contributed by atoms with Crippen molar-refractivity contribution in [1.29, 1.82) is 0 Å². The Bertz CT molecular complexity index is 12000. The van der Waals surface area contributed by atoms with Crippen molar-refractivity contribution < 1.29 is 0 Å². The van der Waals surface area contributed by atoms with E-state index in [1.807, 2.05) is 90.7 Å². The lowest BCUT2D eigenvalue weighted by Crippen LogP contribution is -1.90. The van der Waals surface area contributed by atoms with Crippen LogP contribution >= 0.6 is 90.7 Å². The van der Waals surface area contributed by atoms with Crippen LogP contribution in [0.5, 0.6) is 0 Å². The number of aromatic nitrogens is 4. The van der Waals surface area contributed by atoms with E-state index in [1.165, 1.54) is 313 Å². The van der Waals surface area contributed by atoms with Gasteiger partial charge < -0.3 is 17.6 Å². The summed E-state index contributed by atoms with van der Waals surface area (Å²) in [7, 11) is 0. The van der Waals surface area contributed by atoms with Crippen LogP contribution in [-0.2, 0) is 0 Å². The molecule has 0 aliphatic carbocycles. The summed E-state index contributed by atoms with van der Waals surface area (Å²) in [5.41, 5.74) is 10.4. The van der Waals surface area contributed by atoms with E-state index in [9.17, 15) is 0 Å². The second-order valence-electron chi connectivity index (χ2n) is 37.5. The van der Waals surface area contributed by atoms with E-state index in [0.29, 0.717) is 0 Å². The Kier molecular flexibility index (Phi) is 16.0. The zero-order valence-corrected chi connectivity index (χ0v) is 80.8. The first-order valence-electron chi connectivity index (χ1n) is 47.4. The minimum Gasteiger partial charge on any atom is -0.315 e. The number of fused-ring (bicyclic) bond motifs is 58. The Morgan fingerprint density at radius 3 is 0.629 bits per heavy atom. The number of hydrogen-bond donors (Lipinski definition) is 0. The average molecular weight is 1920 g/mol. The summed E-state index contributed by atoms with van der Waals surface area (Å²) >= 11 is 15.2. The standard InChI is InChI=1S/4C32H17NS2/c1-2-8-19-18(7-1)17-33-27-16-31-24(20-9-3-6-12-29(20)35-31)13-23(27)22-15-30-25(14-26(22)32(19)33)21-10-4-5-11-28(21)34-30;1-2-8-19-18(7-1)17-33-30(19)26-15-25-21-10-4-5-11-27(21)34-29(25)16-24(26)22-13-14-23-20-9-3-6-12-28(20)35-32(23)31(22)33;1-2-8-19-18(7-1)17-33-30(19)26-16-29-25(21-10-4-5-11-27(21)34-29)15-24(26)22-13-14-23-20-9-3-6-12-28(20)35-32(23)31(22)33;1-2-8-19-18(7-1)17-33-27-16-31-25(21-10-4-6-12-29(21)35-31)14-23(27)22-13-24-20-9-3-5-11-28(20)34-30(24)15-26(22)32(19)33/h4*1-17H. The molecule has 36 rings (SSSR count). The van der Waals surface area contributed by atoms with Crippen molar-refractivity contribution in [3.63, 3.8) is 0 Å². The number of hydrogen-bond acceptors (Lipinski definition) is 8. The van der Waals surface area contributed by atoms with Crippen LogP contribution in [0, 0.1) is 0 Å². The molecule has 0 aliphatic rings. The van der Waals surface area contributed by atoms with Crippen molar-refractivity contribution in [3.05, 3.63) is 413 Å². The summed E-state index contributed by atoms with van der Waals surface area (Å²) in [6, 6.07) is 144. The third kappa shape index (κ3) is 10.9. The fourth-order valence-electron chi connectivity index (χ4n) is 24.0. The fraction of sp³-hybridized carbons (Fsp3) is 0. The van der Waals surface area contributed by atoms with E-state index in [4.69, 9.17) is 0 Å². The van der Waals surface area contributed by atoms with Crippen molar-refractivity contribution in [3.8, 4) is 0 Å². The van der Waals surface area contributed by atoms with Gasteiger partial charge in [0.1, 0.15) is 0 Å². The van der Waals surface area contributed by atoms with Gasteiger partial charge in [-0.05, 0) is 143 Å². The Balaban J connectivity index is 0.0000000829. The van der Waals surface area contributed by atoms with Gasteiger partial charge in [0.25, 0.3) is 0 Å². The second-order valence-corrected chi connectivity index (χ2v) is 46.1. The number of benzene rings is 20. The van der Waals surface area contributed by atoms with Crippen LogP contribution in [0.4, 0.5) is 0 Å². The molecule has 0 saturated heterocycles. The van der Waals surface area contributed by atoms with Gasteiger partial charge in [0.05, 0.1) is 53.5 Å². The molecule has 0 radical (unpaired) electrons. The highest BCUT2D eigenvalue weighted by Gasteiger charge is 2.26. The van der Waals surface area contributed by atoms with Gasteiger partial charge in [-0.2, -0.15) is 0 Å². The molecule has 12 heteroatoms. The molecule has 0 bridgehead atoms. The number of nitrogens with zero attached hydrogens (tertiary/aromatic N) is 4. The van der Waals surface area contributed by atoms with Crippen molar-refractivity contribution in [2.24, 2.45) is 0 Å². The zero-order valence-electron chi connectivity index (χ0n) is 74.3. The smallest absolute Gasteiger partial charge is 0.0714 e. The van der Waals surface area contributed by atoms with E-state index < -0.39 is 0 Å². The van der Waals surface area contributed by atoms with Crippen LogP contribution in [0.15, 0.2) is 413 Å². The third-order valence-electron chi connectivity index (χ3n) is 30.2. The summed E-state index contributed by atoms with van der Waals surface area (Å²) < 4.78 is 31.5. The molecule has 0 N–H and O–H groups in total. The van der Waals surface area contributed by atoms with Crippen molar-refractivity contribution in [2.75, 3.05) is 0 Å². The maximum Gasteiger partial charge on any atom is 0.0714 e. The summed E-state index contributed by atoms with van der Waals surface area (Å²) in [4.78, 5) is 0. The van der Waals surface area contributed by atoms with Crippen LogP contribution in [0.3, 0.4) is 0 Å². The van der Waals surface area contributed by atoms with Crippen LogP contribution in [0.1, 0.15) is 0 Å². The van der Waals surface area contributed by atoms with Crippen LogP contribution in [-0.4, -0.2) is 17.6 Å². The average Bonchev–Trinajstić information content (AvgIpc) is 1.45. The van der Waals surface area contributed by atoms with Gasteiger partial charge in [0.2, 0.25) is 0 Å². The monoisotopic (exact) mass is 1920 g/mol. The molecule has 0 amide bonds. The van der Waals surface area contributed by atoms with Crippen LogP contribution in [0.25, 0.3) is 313 Å². The van der Waals surface area contributed by atoms with Gasteiger partial charge in [-0.25, -0.2) is 0 Å². The largest absolute Gasteiger partial charge is 0.315 e. The van der Waals surface area contributed by atoms with Gasteiger partial charge in [0.15, 0.2) is 0 Å². The van der Waals surface area contributed by atoms with E-state index in [0.717, 1.165) is 0 Å². The molecular formula is C128H68N4S8. The number of rotatable bonds is 0. The van der Waals surface area contributed by atoms with Crippen molar-refractivity contribution in [2.45, 2.75) is 0 Å². The number of pyridine rings is 4. The molecule has 0 aliphatic heterocycles. The Morgan fingerprint density at radius 2 is 0.314 bits per heavy atom. The first kappa shape index (κ1) is 77.4. The molecule has 36 aromatic rings. The highest BCUT2D eigenvalue weighted by molar-refractivity contribution is 7.29. The molecule has 4 nitrogen and oxygen atoms in total. The van der Waals surface area contributed by atoms with E-state index in [1.54, 1.807) is 0 Å². The van der Waals surface area contributed by atoms with Crippen LogP contribution < -0.4 is 0 Å². The van der Waals surface area contributed by atoms with Gasteiger partial charge in [-0.3, -0.25) is 0 Å². The predicted octanol–water partition coefficient (Wildman–Crippen LogP) is 40.5. The molecule has 0 atom stereocenters.